The summed E-state index contributed by atoms with van der Waals surface area (Å²) in [5, 5.41) is 14.1. The number of aliphatic carboxylic acids is 1. The van der Waals surface area contributed by atoms with Crippen LogP contribution in [-0.2, 0) is 14.4 Å². The molecule has 1 aliphatic heterocycles. The van der Waals surface area contributed by atoms with Crippen molar-refractivity contribution in [3.63, 3.8) is 0 Å². The van der Waals surface area contributed by atoms with Crippen LogP contribution in [0.3, 0.4) is 0 Å². The summed E-state index contributed by atoms with van der Waals surface area (Å²) in [6, 6.07) is 9.40. The number of nitrogens with zero attached hydrogens (tertiary/aromatic N) is 1. The number of hydrogen-bond acceptors (Lipinski definition) is 4. The molecular formula is C23H22FN3O5. The van der Waals surface area contributed by atoms with Crippen LogP contribution in [0.4, 0.5) is 9.18 Å². The van der Waals surface area contributed by atoms with E-state index in [2.05, 4.69) is 10.6 Å². The van der Waals surface area contributed by atoms with Crippen LogP contribution in [0.5, 0.6) is 0 Å². The van der Waals surface area contributed by atoms with E-state index in [9.17, 15) is 28.7 Å². The predicted octanol–water partition coefficient (Wildman–Crippen LogP) is 2.62. The van der Waals surface area contributed by atoms with Gasteiger partial charge < -0.3 is 20.6 Å². The van der Waals surface area contributed by atoms with Gasteiger partial charge in [0.05, 0.1) is 12.5 Å². The second-order valence-corrected chi connectivity index (χ2v) is 7.43. The number of likely N-dealkylation sites (N-methyl/N-ethyl adjacent to an activating group) is 1. The number of nitrogens with one attached hydrogen (secondary N) is 2. The van der Waals surface area contributed by atoms with E-state index in [1.807, 2.05) is 0 Å². The molecule has 2 unspecified atom stereocenters. The lowest BCUT2D eigenvalue weighted by atomic mass is 9.97. The van der Waals surface area contributed by atoms with Crippen LogP contribution in [0.15, 0.2) is 60.3 Å². The molecule has 3 amide bonds. The summed E-state index contributed by atoms with van der Waals surface area (Å²) in [7, 11) is 1.46. The number of hydrogen-bond donors (Lipinski definition) is 3. The lowest BCUT2D eigenvalue weighted by Crippen LogP contribution is -2.56. The Morgan fingerprint density at radius 1 is 1.16 bits per heavy atom. The molecule has 1 heterocycles. The van der Waals surface area contributed by atoms with Crippen molar-refractivity contribution in [2.24, 2.45) is 0 Å². The maximum atomic E-state index is 14.4. The molecule has 2 aromatic rings. The molecule has 0 radical (unpaired) electrons. The van der Waals surface area contributed by atoms with Crippen LogP contribution in [0.25, 0.3) is 11.1 Å². The van der Waals surface area contributed by atoms with E-state index in [1.165, 1.54) is 43.3 Å². The van der Waals surface area contributed by atoms with E-state index in [1.54, 1.807) is 30.3 Å². The van der Waals surface area contributed by atoms with Crippen LogP contribution in [0.1, 0.15) is 24.9 Å². The summed E-state index contributed by atoms with van der Waals surface area (Å²) in [6.07, 6.45) is 0.885. The molecule has 8 nitrogen and oxygen atoms in total. The van der Waals surface area contributed by atoms with Crippen molar-refractivity contribution in [1.82, 2.24) is 15.5 Å². The van der Waals surface area contributed by atoms with Gasteiger partial charge in [-0.2, -0.15) is 0 Å². The number of halogens is 1. The van der Waals surface area contributed by atoms with Crippen molar-refractivity contribution < 1.29 is 28.7 Å². The normalized spacial score (nSPS) is 16.9. The second kappa shape index (κ2) is 9.42. The molecule has 9 heteroatoms. The van der Waals surface area contributed by atoms with Gasteiger partial charge in [-0.1, -0.05) is 36.4 Å². The third-order valence-electron chi connectivity index (χ3n) is 5.07. The van der Waals surface area contributed by atoms with Gasteiger partial charge in [0.15, 0.2) is 11.8 Å². The van der Waals surface area contributed by atoms with E-state index in [0.29, 0.717) is 16.7 Å². The van der Waals surface area contributed by atoms with E-state index in [-0.39, 0.29) is 5.56 Å². The minimum Gasteiger partial charge on any atom is -0.481 e. The topological polar surface area (TPSA) is 116 Å². The van der Waals surface area contributed by atoms with Crippen molar-refractivity contribution >= 4 is 23.7 Å². The smallest absolute Gasteiger partial charge is 0.316 e. The molecule has 0 aliphatic carbocycles. The fraction of sp³-hybridized carbons (Fsp3) is 0.217. The summed E-state index contributed by atoms with van der Waals surface area (Å²) in [5.74, 6) is -2.85. The Balaban J connectivity index is 1.84. The van der Waals surface area contributed by atoms with Crippen molar-refractivity contribution in [3.05, 3.63) is 71.7 Å². The Hall–Kier alpha value is -4.01. The lowest BCUT2D eigenvalue weighted by Gasteiger charge is -2.27. The standard InChI is InChI=1S/C23H22FN3O5/c1-13-12-27(2)22(31)20(21(13)30)26-23(32)25-18(11-19(28)29)15-8-9-17(24)16(10-15)14-6-4-3-5-7-14/h3-10,12,18,20H,11H2,1-2H3,(H,28,29)(H2,25,26,32). The lowest BCUT2D eigenvalue weighted by molar-refractivity contribution is -0.138. The number of amides is 3. The number of urea groups is 1. The van der Waals surface area contributed by atoms with Crippen LogP contribution in [0, 0.1) is 5.82 Å². The Bertz CT molecular complexity index is 1100. The molecular weight excluding hydrogens is 417 g/mol. The van der Waals surface area contributed by atoms with Gasteiger partial charge >= 0.3 is 12.0 Å². The molecule has 3 N–H and O–H groups in total. The molecule has 0 saturated heterocycles. The van der Waals surface area contributed by atoms with Gasteiger partial charge in [-0.05, 0) is 30.2 Å². The number of carboxylic acid groups (broad SMARTS) is 1. The third-order valence-corrected chi connectivity index (χ3v) is 5.07. The number of carboxylic acids is 1. The highest BCUT2D eigenvalue weighted by molar-refractivity contribution is 6.16. The van der Waals surface area contributed by atoms with Crippen LogP contribution in [-0.4, -0.2) is 46.8 Å². The molecule has 0 saturated carbocycles. The van der Waals surface area contributed by atoms with Gasteiger partial charge in [-0.25, -0.2) is 9.18 Å². The molecule has 0 bridgehead atoms. The van der Waals surface area contributed by atoms with E-state index >= 15 is 0 Å². The number of carbonyl (C=O) groups excluding carboxylic acids is 3. The fourth-order valence-corrected chi connectivity index (χ4v) is 3.44. The number of carbonyl (C=O) groups is 4. The first-order valence-electron chi connectivity index (χ1n) is 9.80. The zero-order valence-electron chi connectivity index (χ0n) is 17.5. The fourth-order valence-electron chi connectivity index (χ4n) is 3.44. The van der Waals surface area contributed by atoms with Crippen LogP contribution >= 0.6 is 0 Å². The number of Topliss-reactive ketones (excluding diaryl/α,β-unsaturated/α-hetero) is 1. The summed E-state index contributed by atoms with van der Waals surface area (Å²) >= 11 is 0. The largest absolute Gasteiger partial charge is 0.481 e. The molecule has 0 fully saturated rings. The Kier molecular flexibility index (Phi) is 6.67. The maximum absolute atomic E-state index is 14.4. The van der Waals surface area contributed by atoms with Gasteiger partial charge in [0.1, 0.15) is 5.82 Å². The highest BCUT2D eigenvalue weighted by atomic mass is 19.1. The first kappa shape index (κ1) is 22.7. The van der Waals surface area contributed by atoms with Crippen LogP contribution < -0.4 is 10.6 Å². The molecule has 2 aromatic carbocycles. The Morgan fingerprint density at radius 3 is 2.50 bits per heavy atom. The van der Waals surface area contributed by atoms with E-state index < -0.39 is 48.0 Å². The predicted molar refractivity (Wildman–Crippen MR) is 114 cm³/mol. The van der Waals surface area contributed by atoms with Crippen molar-refractivity contribution in [2.45, 2.75) is 25.4 Å². The summed E-state index contributed by atoms with van der Waals surface area (Å²) in [4.78, 5) is 49.7. The maximum Gasteiger partial charge on any atom is 0.316 e. The Morgan fingerprint density at radius 2 is 1.84 bits per heavy atom. The average molecular weight is 439 g/mol. The first-order valence-corrected chi connectivity index (χ1v) is 9.80. The van der Waals surface area contributed by atoms with Crippen LogP contribution in [0.2, 0.25) is 0 Å². The third kappa shape index (κ3) is 5.00. The van der Waals surface area contributed by atoms with Gasteiger partial charge in [0, 0.05) is 24.4 Å². The van der Waals surface area contributed by atoms with Crippen molar-refractivity contribution in [1.29, 1.82) is 0 Å². The van der Waals surface area contributed by atoms with Gasteiger partial charge in [-0.15, -0.1) is 0 Å². The SMILES string of the molecule is CC1=CN(C)C(=O)C(NC(=O)NC(CC(=O)O)c2ccc(F)c(-c3ccccc3)c2)C1=O. The van der Waals surface area contributed by atoms with Crippen molar-refractivity contribution in [3.8, 4) is 11.1 Å². The highest BCUT2D eigenvalue weighted by Crippen LogP contribution is 2.27. The van der Waals surface area contributed by atoms with E-state index in [0.717, 1.165) is 0 Å². The number of ketones is 1. The average Bonchev–Trinajstić information content (AvgIpc) is 2.75. The first-order chi connectivity index (χ1) is 15.2. The zero-order chi connectivity index (χ0) is 23.4. The summed E-state index contributed by atoms with van der Waals surface area (Å²) in [6.45, 7) is 1.52. The molecule has 166 valence electrons. The number of rotatable bonds is 6. The molecule has 0 spiro atoms. The molecule has 0 aromatic heterocycles. The molecule has 32 heavy (non-hydrogen) atoms. The van der Waals surface area contributed by atoms with Gasteiger partial charge in [0.2, 0.25) is 0 Å². The number of benzene rings is 2. The zero-order valence-corrected chi connectivity index (χ0v) is 17.5. The summed E-state index contributed by atoms with van der Waals surface area (Å²) in [5.41, 5.74) is 1.50. The Labute approximate surface area is 183 Å². The molecule has 2 atom stereocenters. The quantitative estimate of drug-likeness (QED) is 0.599. The van der Waals surface area contributed by atoms with E-state index in [4.69, 9.17) is 0 Å². The molecule has 1 aliphatic rings. The monoisotopic (exact) mass is 439 g/mol. The minimum atomic E-state index is -1.41. The molecule has 3 rings (SSSR count). The van der Waals surface area contributed by atoms with Gasteiger partial charge in [-0.3, -0.25) is 14.4 Å². The van der Waals surface area contributed by atoms with Gasteiger partial charge in [0.25, 0.3) is 5.91 Å². The summed E-state index contributed by atoms with van der Waals surface area (Å²) < 4.78 is 14.4. The van der Waals surface area contributed by atoms with Crippen molar-refractivity contribution in [2.75, 3.05) is 7.05 Å². The second-order valence-electron chi connectivity index (χ2n) is 7.43. The highest BCUT2D eigenvalue weighted by Gasteiger charge is 2.35. The minimum absolute atomic E-state index is 0.251.